The number of aromatic nitrogens is 5. The van der Waals surface area contributed by atoms with Crippen molar-refractivity contribution in [2.45, 2.75) is 38.3 Å². The Labute approximate surface area is 156 Å². The Balaban J connectivity index is 1.56. The van der Waals surface area contributed by atoms with Crippen LogP contribution < -0.4 is 10.1 Å². The fourth-order valence-electron chi connectivity index (χ4n) is 3.73. The normalized spacial score (nSPS) is 20.8. The molecule has 2 fully saturated rings. The zero-order valence-corrected chi connectivity index (χ0v) is 15.4. The molecule has 27 heavy (non-hydrogen) atoms. The summed E-state index contributed by atoms with van der Waals surface area (Å²) in [6.45, 7) is 2.69. The van der Waals surface area contributed by atoms with Gasteiger partial charge in [-0.15, -0.1) is 0 Å². The molecular weight excluding hydrogens is 344 g/mol. The van der Waals surface area contributed by atoms with Gasteiger partial charge in [0.15, 0.2) is 0 Å². The highest BCUT2D eigenvalue weighted by molar-refractivity contribution is 5.87. The number of hydrogen-bond acceptors (Lipinski definition) is 5. The molecule has 2 aromatic heterocycles. The number of carbonyl (C=O) groups is 1. The number of nitrogens with zero attached hydrogens (tertiary/aromatic N) is 5. The molecule has 0 spiro atoms. The lowest BCUT2D eigenvalue weighted by atomic mass is 10.0. The maximum atomic E-state index is 11.6. The predicted molar refractivity (Wildman–Crippen MR) is 99.2 cm³/mol. The summed E-state index contributed by atoms with van der Waals surface area (Å²) in [7, 11) is 1.80. The van der Waals surface area contributed by atoms with Crippen molar-refractivity contribution in [1.82, 2.24) is 29.9 Å². The largest absolute Gasteiger partial charge is 0.488 e. The molecule has 8 nitrogen and oxygen atoms in total. The van der Waals surface area contributed by atoms with Crippen molar-refractivity contribution in [3.63, 3.8) is 0 Å². The first kappa shape index (κ1) is 16.3. The molecule has 0 radical (unpaired) electrons. The first-order chi connectivity index (χ1) is 13.1. The molecule has 1 unspecified atom stereocenters. The van der Waals surface area contributed by atoms with Gasteiger partial charge in [-0.3, -0.25) is 4.79 Å². The molecule has 8 heteroatoms. The average Bonchev–Trinajstić information content (AvgIpc) is 3.04. The molecule has 2 aliphatic rings. The van der Waals surface area contributed by atoms with E-state index in [1.165, 1.54) is 12.8 Å². The van der Waals surface area contributed by atoms with Gasteiger partial charge >= 0.3 is 0 Å². The van der Waals surface area contributed by atoms with Gasteiger partial charge in [0.25, 0.3) is 0 Å². The summed E-state index contributed by atoms with van der Waals surface area (Å²) in [6.07, 6.45) is 6.43. The van der Waals surface area contributed by atoms with Gasteiger partial charge in [-0.1, -0.05) is 0 Å². The minimum absolute atomic E-state index is 0.0770. The number of ether oxygens (including phenoxy) is 1. The Morgan fingerprint density at radius 1 is 1.33 bits per heavy atom. The number of carbonyl (C=O) groups excluding carboxylic acids is 1. The minimum atomic E-state index is -0.0770. The van der Waals surface area contributed by atoms with E-state index in [4.69, 9.17) is 4.74 Å². The number of nitrogens with one attached hydrogen (secondary N) is 1. The molecule has 2 atom stereocenters. The lowest BCUT2D eigenvalue weighted by molar-refractivity contribution is -0.119. The first-order valence-corrected chi connectivity index (χ1v) is 9.39. The Bertz CT molecular complexity index is 1020. The number of amides is 1. The molecule has 0 bridgehead atoms. The molecule has 1 amide bonds. The number of imidazole rings is 1. The molecule has 5 rings (SSSR count). The van der Waals surface area contributed by atoms with E-state index in [0.29, 0.717) is 19.0 Å². The van der Waals surface area contributed by atoms with E-state index >= 15 is 0 Å². The molecule has 3 aromatic rings. The van der Waals surface area contributed by atoms with Crippen LogP contribution in [0.2, 0.25) is 0 Å². The highest BCUT2D eigenvalue weighted by Gasteiger charge is 2.30. The minimum Gasteiger partial charge on any atom is -0.488 e. The summed E-state index contributed by atoms with van der Waals surface area (Å²) < 4.78 is 8.62. The van der Waals surface area contributed by atoms with Gasteiger partial charge in [-0.2, -0.15) is 15.0 Å². The zero-order chi connectivity index (χ0) is 18.5. The van der Waals surface area contributed by atoms with Crippen LogP contribution in [0.3, 0.4) is 0 Å². The summed E-state index contributed by atoms with van der Waals surface area (Å²) >= 11 is 0. The van der Waals surface area contributed by atoms with Gasteiger partial charge in [0, 0.05) is 37.5 Å². The third-order valence-corrected chi connectivity index (χ3v) is 5.46. The highest BCUT2D eigenvalue weighted by atomic mass is 16.5. The molecule has 1 aliphatic carbocycles. The Hall–Kier alpha value is -2.90. The van der Waals surface area contributed by atoms with E-state index in [1.54, 1.807) is 18.0 Å². The van der Waals surface area contributed by atoms with Crippen molar-refractivity contribution >= 4 is 16.9 Å². The second-order valence-corrected chi connectivity index (χ2v) is 7.54. The van der Waals surface area contributed by atoms with Crippen LogP contribution in [-0.4, -0.2) is 43.1 Å². The molecule has 1 saturated heterocycles. The Morgan fingerprint density at radius 2 is 2.19 bits per heavy atom. The van der Waals surface area contributed by atoms with Crippen molar-refractivity contribution in [3.05, 3.63) is 24.7 Å². The summed E-state index contributed by atoms with van der Waals surface area (Å²) in [5, 5.41) is 11.5. The van der Waals surface area contributed by atoms with Crippen molar-refractivity contribution in [2.24, 2.45) is 13.0 Å². The molecule has 1 aliphatic heterocycles. The van der Waals surface area contributed by atoms with E-state index in [0.717, 1.165) is 28.0 Å². The van der Waals surface area contributed by atoms with Crippen molar-refractivity contribution < 1.29 is 9.53 Å². The first-order valence-electron chi connectivity index (χ1n) is 9.39. The van der Waals surface area contributed by atoms with Crippen LogP contribution >= 0.6 is 0 Å². The smallest absolute Gasteiger partial charge is 0.220 e. The summed E-state index contributed by atoms with van der Waals surface area (Å²) in [4.78, 5) is 17.7. The Kier molecular flexibility index (Phi) is 3.66. The maximum absolute atomic E-state index is 11.6. The van der Waals surface area contributed by atoms with Crippen LogP contribution in [0.25, 0.3) is 22.3 Å². The number of rotatable bonds is 5. The average molecular weight is 366 g/mol. The molecule has 1 saturated carbocycles. The van der Waals surface area contributed by atoms with E-state index in [2.05, 4.69) is 25.1 Å². The van der Waals surface area contributed by atoms with Gasteiger partial charge in [-0.25, -0.2) is 4.98 Å². The quantitative estimate of drug-likeness (QED) is 0.747. The van der Waals surface area contributed by atoms with Gasteiger partial charge in [0.05, 0.1) is 18.0 Å². The van der Waals surface area contributed by atoms with E-state index in [9.17, 15) is 4.79 Å². The highest BCUT2D eigenvalue weighted by Crippen LogP contribution is 2.41. The third-order valence-electron chi connectivity index (χ3n) is 5.46. The zero-order valence-electron chi connectivity index (χ0n) is 15.4. The monoisotopic (exact) mass is 366 g/mol. The number of benzene rings is 1. The SMILES string of the molecule is CC(Oc1cc(-c2cnn(C)n2)cc2ncn(C3CC3)c12)[C@H]1CNC(=O)C1. The summed E-state index contributed by atoms with van der Waals surface area (Å²) in [6, 6.07) is 4.56. The molecule has 1 N–H and O–H groups in total. The van der Waals surface area contributed by atoms with Crippen LogP contribution in [0.1, 0.15) is 32.2 Å². The molecule has 1 aromatic carbocycles. The van der Waals surface area contributed by atoms with Crippen molar-refractivity contribution in [2.75, 3.05) is 6.54 Å². The fraction of sp³-hybridized carbons (Fsp3) is 0.474. The van der Waals surface area contributed by atoms with Crippen LogP contribution in [0.5, 0.6) is 5.75 Å². The molecular formula is C19H22N6O2. The second kappa shape index (κ2) is 6.07. The second-order valence-electron chi connectivity index (χ2n) is 7.54. The number of aryl methyl sites for hydroxylation is 1. The lowest BCUT2D eigenvalue weighted by Crippen LogP contribution is -2.25. The summed E-state index contributed by atoms with van der Waals surface area (Å²) in [5.74, 6) is 1.06. The standard InChI is InChI=1S/C19H22N6O2/c1-11(13-7-18(26)20-8-13)27-17-6-12(16-9-22-24(2)23-16)5-15-19(17)25(10-21-15)14-3-4-14/h5-6,9-11,13-14H,3-4,7-8H2,1-2H3,(H,20,26)/t11?,13-/m1/s1. The van der Waals surface area contributed by atoms with Gasteiger partial charge in [0.2, 0.25) is 5.91 Å². The predicted octanol–water partition coefficient (Wildman–Crippen LogP) is 2.07. The van der Waals surface area contributed by atoms with Gasteiger partial charge < -0.3 is 14.6 Å². The lowest BCUT2D eigenvalue weighted by Gasteiger charge is -2.21. The maximum Gasteiger partial charge on any atom is 0.220 e. The van der Waals surface area contributed by atoms with Crippen LogP contribution in [0.4, 0.5) is 0 Å². The topological polar surface area (TPSA) is 86.9 Å². The van der Waals surface area contributed by atoms with E-state index in [-0.39, 0.29) is 17.9 Å². The molecule has 140 valence electrons. The van der Waals surface area contributed by atoms with Gasteiger partial charge in [0.1, 0.15) is 23.1 Å². The fourth-order valence-corrected chi connectivity index (χ4v) is 3.73. The molecule has 3 heterocycles. The van der Waals surface area contributed by atoms with Crippen LogP contribution in [-0.2, 0) is 11.8 Å². The van der Waals surface area contributed by atoms with Crippen LogP contribution in [0, 0.1) is 5.92 Å². The third kappa shape index (κ3) is 2.94. The number of hydrogen-bond donors (Lipinski definition) is 1. The van der Waals surface area contributed by atoms with Crippen molar-refractivity contribution in [1.29, 1.82) is 0 Å². The van der Waals surface area contributed by atoms with E-state index < -0.39 is 0 Å². The summed E-state index contributed by atoms with van der Waals surface area (Å²) in [5.41, 5.74) is 3.64. The van der Waals surface area contributed by atoms with Crippen LogP contribution in [0.15, 0.2) is 24.7 Å². The van der Waals surface area contributed by atoms with E-state index in [1.807, 2.05) is 25.4 Å². The Morgan fingerprint density at radius 3 is 2.85 bits per heavy atom. The number of fused-ring (bicyclic) bond motifs is 1. The van der Waals surface area contributed by atoms with Gasteiger partial charge in [-0.05, 0) is 31.9 Å². The van der Waals surface area contributed by atoms with Crippen molar-refractivity contribution in [3.8, 4) is 17.0 Å².